The van der Waals surface area contributed by atoms with Crippen molar-refractivity contribution in [2.45, 2.75) is 63.2 Å². The van der Waals surface area contributed by atoms with Crippen LogP contribution >= 0.6 is 0 Å². The van der Waals surface area contributed by atoms with Crippen LogP contribution in [0.25, 0.3) is 0 Å². The first-order valence-corrected chi connectivity index (χ1v) is 13.4. The number of benzene rings is 3. The SMILES string of the molecule is CC(C)(C)[Si](Oc1cccc(C[C@]2(O)CCC[C@H]2O)c1)(c1ccccc1)c1ccccc1. The van der Waals surface area contributed by atoms with Crippen LogP contribution in [0, 0.1) is 0 Å². The van der Waals surface area contributed by atoms with Gasteiger partial charge in [-0.3, -0.25) is 0 Å². The van der Waals surface area contributed by atoms with E-state index in [4.69, 9.17) is 4.43 Å². The van der Waals surface area contributed by atoms with Crippen LogP contribution in [0.15, 0.2) is 84.9 Å². The predicted octanol–water partition coefficient (Wildman–Crippen LogP) is 4.44. The molecule has 0 radical (unpaired) electrons. The van der Waals surface area contributed by atoms with E-state index in [2.05, 4.69) is 69.3 Å². The minimum Gasteiger partial charge on any atom is -0.534 e. The van der Waals surface area contributed by atoms with Gasteiger partial charge >= 0.3 is 8.32 Å². The predicted molar refractivity (Wildman–Crippen MR) is 133 cm³/mol. The molecule has 3 nitrogen and oxygen atoms in total. The highest BCUT2D eigenvalue weighted by Gasteiger charge is 2.52. The van der Waals surface area contributed by atoms with Crippen LogP contribution in [0.2, 0.25) is 5.04 Å². The molecule has 1 aliphatic carbocycles. The van der Waals surface area contributed by atoms with E-state index in [0.29, 0.717) is 19.3 Å². The van der Waals surface area contributed by atoms with Crippen molar-refractivity contribution >= 4 is 18.7 Å². The molecule has 4 rings (SSSR count). The molecule has 32 heavy (non-hydrogen) atoms. The van der Waals surface area contributed by atoms with Gasteiger partial charge in [-0.25, -0.2) is 0 Å². The maximum absolute atomic E-state index is 10.9. The lowest BCUT2D eigenvalue weighted by atomic mass is 9.91. The van der Waals surface area contributed by atoms with E-state index in [1.165, 1.54) is 10.4 Å². The lowest BCUT2D eigenvalue weighted by Crippen LogP contribution is -2.68. The summed E-state index contributed by atoms with van der Waals surface area (Å²) in [5.74, 6) is 0.813. The zero-order chi connectivity index (χ0) is 22.8. The second-order valence-electron chi connectivity index (χ2n) is 10.1. The summed E-state index contributed by atoms with van der Waals surface area (Å²) in [7, 11) is -2.70. The average molecular weight is 447 g/mol. The minimum atomic E-state index is -2.70. The first kappa shape index (κ1) is 22.8. The Hall–Kier alpha value is -2.40. The van der Waals surface area contributed by atoms with Gasteiger partial charge in [-0.15, -0.1) is 0 Å². The molecule has 0 heterocycles. The van der Waals surface area contributed by atoms with E-state index in [-0.39, 0.29) is 5.04 Å². The van der Waals surface area contributed by atoms with Crippen LogP contribution in [0.5, 0.6) is 5.75 Å². The van der Waals surface area contributed by atoms with E-state index >= 15 is 0 Å². The van der Waals surface area contributed by atoms with Gasteiger partial charge in [-0.05, 0) is 52.4 Å². The van der Waals surface area contributed by atoms with Gasteiger partial charge in [0.25, 0.3) is 0 Å². The van der Waals surface area contributed by atoms with Crippen molar-refractivity contribution in [1.29, 1.82) is 0 Å². The molecule has 3 aromatic carbocycles. The van der Waals surface area contributed by atoms with Gasteiger partial charge in [0, 0.05) is 6.42 Å². The maximum Gasteiger partial charge on any atom is 0.319 e. The number of hydrogen-bond donors (Lipinski definition) is 2. The van der Waals surface area contributed by atoms with E-state index in [1.54, 1.807) is 0 Å². The van der Waals surface area contributed by atoms with Crippen molar-refractivity contribution < 1.29 is 14.6 Å². The number of aliphatic hydroxyl groups excluding tert-OH is 1. The topological polar surface area (TPSA) is 49.7 Å². The number of aliphatic hydroxyl groups is 2. The Morgan fingerprint density at radius 3 is 2.00 bits per heavy atom. The fourth-order valence-corrected chi connectivity index (χ4v) is 9.55. The molecule has 0 aromatic heterocycles. The summed E-state index contributed by atoms with van der Waals surface area (Å²) in [6.07, 6.45) is 1.92. The summed E-state index contributed by atoms with van der Waals surface area (Å²) in [5, 5.41) is 23.6. The largest absolute Gasteiger partial charge is 0.534 e. The molecule has 168 valence electrons. The van der Waals surface area contributed by atoms with Crippen LogP contribution in [0.3, 0.4) is 0 Å². The maximum atomic E-state index is 10.9. The summed E-state index contributed by atoms with van der Waals surface area (Å²) < 4.78 is 7.10. The molecule has 4 heteroatoms. The van der Waals surface area contributed by atoms with Crippen LogP contribution < -0.4 is 14.8 Å². The summed E-state index contributed by atoms with van der Waals surface area (Å²) in [4.78, 5) is 0. The highest BCUT2D eigenvalue weighted by molar-refractivity contribution is 7.00. The zero-order valence-corrected chi connectivity index (χ0v) is 20.3. The van der Waals surface area contributed by atoms with Gasteiger partial charge in [0.15, 0.2) is 0 Å². The monoisotopic (exact) mass is 446 g/mol. The molecule has 0 spiro atoms. The molecule has 1 fully saturated rings. The van der Waals surface area contributed by atoms with E-state index < -0.39 is 20.0 Å². The Kier molecular flexibility index (Phi) is 6.30. The summed E-state index contributed by atoms with van der Waals surface area (Å²) in [6.45, 7) is 6.79. The second kappa shape index (κ2) is 8.85. The molecule has 0 amide bonds. The van der Waals surface area contributed by atoms with Crippen molar-refractivity contribution in [3.8, 4) is 5.75 Å². The Morgan fingerprint density at radius 2 is 1.50 bits per heavy atom. The molecule has 1 aliphatic rings. The van der Waals surface area contributed by atoms with E-state index in [0.717, 1.165) is 17.7 Å². The molecule has 2 N–H and O–H groups in total. The van der Waals surface area contributed by atoms with Crippen molar-refractivity contribution in [2.75, 3.05) is 0 Å². The van der Waals surface area contributed by atoms with Crippen molar-refractivity contribution in [2.24, 2.45) is 0 Å². The molecule has 0 bridgehead atoms. The number of rotatable bonds is 6. The average Bonchev–Trinajstić information content (AvgIpc) is 3.10. The highest BCUT2D eigenvalue weighted by atomic mass is 28.4. The van der Waals surface area contributed by atoms with Crippen molar-refractivity contribution in [3.63, 3.8) is 0 Å². The molecule has 0 unspecified atom stereocenters. The lowest BCUT2D eigenvalue weighted by molar-refractivity contribution is -0.0521. The lowest BCUT2D eigenvalue weighted by Gasteiger charge is -2.43. The van der Waals surface area contributed by atoms with Gasteiger partial charge < -0.3 is 14.6 Å². The van der Waals surface area contributed by atoms with Crippen LogP contribution in [-0.2, 0) is 6.42 Å². The molecule has 0 saturated heterocycles. The summed E-state index contributed by atoms with van der Waals surface area (Å²) in [6, 6.07) is 29.2. The summed E-state index contributed by atoms with van der Waals surface area (Å²) >= 11 is 0. The molecular formula is C28H34O3Si. The number of hydrogen-bond acceptors (Lipinski definition) is 3. The van der Waals surface area contributed by atoms with Crippen LogP contribution in [-0.4, -0.2) is 30.2 Å². The minimum absolute atomic E-state index is 0.119. The van der Waals surface area contributed by atoms with Gasteiger partial charge in [0.05, 0.1) is 11.7 Å². The van der Waals surface area contributed by atoms with Gasteiger partial charge in [-0.2, -0.15) is 0 Å². The fraction of sp³-hybridized carbons (Fsp3) is 0.357. The van der Waals surface area contributed by atoms with Gasteiger partial charge in [0.2, 0.25) is 0 Å². The van der Waals surface area contributed by atoms with Crippen LogP contribution in [0.4, 0.5) is 0 Å². The van der Waals surface area contributed by atoms with Gasteiger partial charge in [-0.1, -0.05) is 93.6 Å². The van der Waals surface area contributed by atoms with E-state index in [1.807, 2.05) is 36.4 Å². The molecule has 1 saturated carbocycles. The zero-order valence-electron chi connectivity index (χ0n) is 19.3. The third kappa shape index (κ3) is 4.27. The first-order chi connectivity index (χ1) is 15.2. The molecule has 3 aromatic rings. The normalized spacial score (nSPS) is 21.5. The Labute approximate surface area is 192 Å². The van der Waals surface area contributed by atoms with Crippen molar-refractivity contribution in [1.82, 2.24) is 0 Å². The van der Waals surface area contributed by atoms with E-state index in [9.17, 15) is 10.2 Å². The molecule has 2 atom stereocenters. The standard InChI is InChI=1S/C28H34O3Si/c1-27(2,3)32(24-14-6-4-7-15-24,25-16-8-5-9-17-25)31-23-13-10-12-22(20-23)21-28(30)19-11-18-26(28)29/h4-10,12-17,20,26,29-30H,11,18-19,21H2,1-3H3/t26-,28-/m1/s1. The second-order valence-corrected chi connectivity index (χ2v) is 14.3. The molecular weight excluding hydrogens is 412 g/mol. The third-order valence-electron chi connectivity index (χ3n) is 6.80. The van der Waals surface area contributed by atoms with Gasteiger partial charge in [0.1, 0.15) is 5.75 Å². The fourth-order valence-electron chi connectivity index (χ4n) is 5.14. The highest BCUT2D eigenvalue weighted by Crippen LogP contribution is 2.38. The van der Waals surface area contributed by atoms with Crippen LogP contribution in [0.1, 0.15) is 45.6 Å². The third-order valence-corrected chi connectivity index (χ3v) is 11.8. The molecule has 0 aliphatic heterocycles. The summed E-state index contributed by atoms with van der Waals surface area (Å²) in [5.41, 5.74) is -0.0559. The first-order valence-electron chi connectivity index (χ1n) is 11.5. The Bertz CT molecular complexity index is 990. The Morgan fingerprint density at radius 1 is 0.906 bits per heavy atom. The van der Waals surface area contributed by atoms with Crippen molar-refractivity contribution in [3.05, 3.63) is 90.5 Å². The Balaban J connectivity index is 1.77. The quantitative estimate of drug-likeness (QED) is 0.550. The smallest absolute Gasteiger partial charge is 0.319 e.